The number of amides is 1. The first-order chi connectivity index (χ1) is 9.86. The van der Waals surface area contributed by atoms with Gasteiger partial charge >= 0.3 is 0 Å². The molecule has 0 bridgehead atoms. The summed E-state index contributed by atoms with van der Waals surface area (Å²) in [7, 11) is 0. The highest BCUT2D eigenvalue weighted by Crippen LogP contribution is 2.21. The van der Waals surface area contributed by atoms with Gasteiger partial charge < -0.3 is 5.32 Å². The standard InChI is InChI=1S/C15H13IN2O3/c1-9-5-10(2)7-11(6-9)17-15(19)13-8-12(18(20)21)3-4-14(13)16/h3-8H,1-2H3,(H,17,19). The van der Waals surface area contributed by atoms with Gasteiger partial charge in [-0.05, 0) is 65.8 Å². The van der Waals surface area contributed by atoms with E-state index in [1.165, 1.54) is 12.1 Å². The maximum absolute atomic E-state index is 12.3. The van der Waals surface area contributed by atoms with Crippen molar-refractivity contribution >= 4 is 39.9 Å². The number of hydrogen-bond donors (Lipinski definition) is 1. The molecule has 0 saturated carbocycles. The molecule has 6 heteroatoms. The van der Waals surface area contributed by atoms with Gasteiger partial charge in [0.1, 0.15) is 0 Å². The zero-order valence-corrected chi connectivity index (χ0v) is 13.7. The van der Waals surface area contributed by atoms with Crippen LogP contribution >= 0.6 is 22.6 Å². The third-order valence-corrected chi connectivity index (χ3v) is 3.83. The molecule has 0 radical (unpaired) electrons. The Morgan fingerprint density at radius 1 is 1.14 bits per heavy atom. The molecule has 2 aromatic carbocycles. The molecule has 1 N–H and O–H groups in total. The lowest BCUT2D eigenvalue weighted by Gasteiger charge is -2.09. The van der Waals surface area contributed by atoms with Crippen LogP contribution in [0.1, 0.15) is 21.5 Å². The molecule has 108 valence electrons. The Kier molecular flexibility index (Phi) is 4.56. The van der Waals surface area contributed by atoms with Gasteiger partial charge in [0.2, 0.25) is 0 Å². The summed E-state index contributed by atoms with van der Waals surface area (Å²) in [5.74, 6) is -0.354. The first kappa shape index (κ1) is 15.4. The number of nitrogens with one attached hydrogen (secondary N) is 1. The summed E-state index contributed by atoms with van der Waals surface area (Å²) in [5.41, 5.74) is 2.96. The van der Waals surface area contributed by atoms with E-state index in [0.717, 1.165) is 11.1 Å². The molecule has 0 heterocycles. The van der Waals surface area contributed by atoms with Crippen molar-refractivity contribution in [2.24, 2.45) is 0 Å². The zero-order valence-electron chi connectivity index (χ0n) is 11.5. The molecule has 2 rings (SSSR count). The largest absolute Gasteiger partial charge is 0.322 e. The summed E-state index contributed by atoms with van der Waals surface area (Å²) >= 11 is 1.99. The summed E-state index contributed by atoms with van der Waals surface area (Å²) in [4.78, 5) is 22.6. The first-order valence-electron chi connectivity index (χ1n) is 6.20. The number of nitro groups is 1. The van der Waals surface area contributed by atoms with Crippen molar-refractivity contribution in [2.45, 2.75) is 13.8 Å². The molecular weight excluding hydrogens is 383 g/mol. The second-order valence-electron chi connectivity index (χ2n) is 4.75. The molecule has 0 saturated heterocycles. The van der Waals surface area contributed by atoms with Crippen molar-refractivity contribution in [3.05, 3.63) is 66.8 Å². The van der Waals surface area contributed by atoms with Gasteiger partial charge in [-0.15, -0.1) is 0 Å². The van der Waals surface area contributed by atoms with Crippen LogP contribution in [0.5, 0.6) is 0 Å². The quantitative estimate of drug-likeness (QED) is 0.483. The number of non-ortho nitro benzene ring substituents is 1. The van der Waals surface area contributed by atoms with E-state index in [9.17, 15) is 14.9 Å². The van der Waals surface area contributed by atoms with Gasteiger partial charge in [-0.1, -0.05) is 6.07 Å². The van der Waals surface area contributed by atoms with Crippen molar-refractivity contribution in [2.75, 3.05) is 5.32 Å². The van der Waals surface area contributed by atoms with Gasteiger partial charge in [-0.25, -0.2) is 0 Å². The number of nitro benzene ring substituents is 1. The van der Waals surface area contributed by atoms with E-state index in [1.807, 2.05) is 54.6 Å². The molecular formula is C15H13IN2O3. The topological polar surface area (TPSA) is 72.2 Å². The average molecular weight is 396 g/mol. The fourth-order valence-electron chi connectivity index (χ4n) is 2.05. The molecule has 0 spiro atoms. The summed E-state index contributed by atoms with van der Waals surface area (Å²) in [6.07, 6.45) is 0. The molecule has 0 aliphatic heterocycles. The SMILES string of the molecule is Cc1cc(C)cc(NC(=O)c2cc([N+](=O)[O-])ccc2I)c1. The summed E-state index contributed by atoms with van der Waals surface area (Å²) in [6.45, 7) is 3.89. The minimum atomic E-state index is -0.510. The van der Waals surface area contributed by atoms with E-state index in [0.29, 0.717) is 14.8 Å². The Labute approximate surface area is 135 Å². The lowest BCUT2D eigenvalue weighted by molar-refractivity contribution is -0.384. The fraction of sp³-hybridized carbons (Fsp3) is 0.133. The van der Waals surface area contributed by atoms with Crippen molar-refractivity contribution in [1.82, 2.24) is 0 Å². The predicted octanol–water partition coefficient (Wildman–Crippen LogP) is 4.07. The van der Waals surface area contributed by atoms with Crippen LogP contribution in [0.25, 0.3) is 0 Å². The highest BCUT2D eigenvalue weighted by molar-refractivity contribution is 14.1. The normalized spacial score (nSPS) is 10.2. The molecule has 21 heavy (non-hydrogen) atoms. The number of aryl methyl sites for hydroxylation is 2. The second kappa shape index (κ2) is 6.21. The number of carbonyl (C=O) groups is 1. The highest BCUT2D eigenvalue weighted by Gasteiger charge is 2.15. The molecule has 0 atom stereocenters. The second-order valence-corrected chi connectivity index (χ2v) is 5.91. The third-order valence-electron chi connectivity index (χ3n) is 2.88. The van der Waals surface area contributed by atoms with Crippen molar-refractivity contribution in [3.63, 3.8) is 0 Å². The third kappa shape index (κ3) is 3.78. The number of hydrogen-bond acceptors (Lipinski definition) is 3. The van der Waals surface area contributed by atoms with Crippen LogP contribution in [0.3, 0.4) is 0 Å². The van der Waals surface area contributed by atoms with Crippen LogP contribution in [-0.4, -0.2) is 10.8 Å². The Morgan fingerprint density at radius 2 is 1.76 bits per heavy atom. The van der Waals surface area contributed by atoms with Gasteiger partial charge in [0, 0.05) is 21.4 Å². The molecule has 5 nitrogen and oxygen atoms in total. The predicted molar refractivity (Wildman–Crippen MR) is 89.7 cm³/mol. The monoisotopic (exact) mass is 396 g/mol. The van der Waals surface area contributed by atoms with E-state index in [4.69, 9.17) is 0 Å². The van der Waals surface area contributed by atoms with E-state index < -0.39 is 4.92 Å². The lowest BCUT2D eigenvalue weighted by atomic mass is 10.1. The van der Waals surface area contributed by atoms with E-state index >= 15 is 0 Å². The van der Waals surface area contributed by atoms with Gasteiger partial charge in [-0.3, -0.25) is 14.9 Å². The fourth-order valence-corrected chi connectivity index (χ4v) is 2.63. The van der Waals surface area contributed by atoms with Crippen LogP contribution in [-0.2, 0) is 0 Å². The van der Waals surface area contributed by atoms with Crippen molar-refractivity contribution in [1.29, 1.82) is 0 Å². The minimum Gasteiger partial charge on any atom is -0.322 e. The maximum Gasteiger partial charge on any atom is 0.270 e. The number of carbonyl (C=O) groups excluding carboxylic acids is 1. The number of nitrogens with zero attached hydrogens (tertiary/aromatic N) is 1. The summed E-state index contributed by atoms with van der Waals surface area (Å²) in [5, 5.41) is 13.6. The molecule has 1 amide bonds. The Morgan fingerprint density at radius 3 is 2.33 bits per heavy atom. The van der Waals surface area contributed by atoms with Gasteiger partial charge in [0.15, 0.2) is 0 Å². The zero-order chi connectivity index (χ0) is 15.6. The smallest absolute Gasteiger partial charge is 0.270 e. The highest BCUT2D eigenvalue weighted by atomic mass is 127. The van der Waals surface area contributed by atoms with Gasteiger partial charge in [0.25, 0.3) is 11.6 Å². The molecule has 0 aliphatic rings. The Bertz CT molecular complexity index is 709. The average Bonchev–Trinajstić information content (AvgIpc) is 2.37. The lowest BCUT2D eigenvalue weighted by Crippen LogP contribution is -2.14. The Hall–Kier alpha value is -1.96. The summed E-state index contributed by atoms with van der Waals surface area (Å²) in [6, 6.07) is 9.96. The van der Waals surface area contributed by atoms with Crippen LogP contribution in [0.2, 0.25) is 0 Å². The minimum absolute atomic E-state index is 0.0963. The molecule has 0 fully saturated rings. The van der Waals surface area contributed by atoms with E-state index in [1.54, 1.807) is 6.07 Å². The van der Waals surface area contributed by atoms with Crippen LogP contribution in [0.15, 0.2) is 36.4 Å². The summed E-state index contributed by atoms with van der Waals surface area (Å²) < 4.78 is 0.667. The van der Waals surface area contributed by atoms with Gasteiger partial charge in [0.05, 0.1) is 10.5 Å². The molecule has 0 unspecified atom stereocenters. The van der Waals surface area contributed by atoms with Crippen LogP contribution in [0, 0.1) is 27.5 Å². The maximum atomic E-state index is 12.3. The number of halogens is 1. The van der Waals surface area contributed by atoms with Crippen LogP contribution in [0.4, 0.5) is 11.4 Å². The van der Waals surface area contributed by atoms with Crippen LogP contribution < -0.4 is 5.32 Å². The van der Waals surface area contributed by atoms with E-state index in [2.05, 4.69) is 5.32 Å². The Balaban J connectivity index is 2.31. The molecule has 0 aromatic heterocycles. The van der Waals surface area contributed by atoms with Crippen molar-refractivity contribution < 1.29 is 9.72 Å². The molecule has 2 aromatic rings. The van der Waals surface area contributed by atoms with Gasteiger partial charge in [-0.2, -0.15) is 0 Å². The number of anilines is 1. The number of rotatable bonds is 3. The molecule has 0 aliphatic carbocycles. The number of benzene rings is 2. The van der Waals surface area contributed by atoms with Crippen molar-refractivity contribution in [3.8, 4) is 0 Å². The van der Waals surface area contributed by atoms with E-state index in [-0.39, 0.29) is 11.6 Å². The first-order valence-corrected chi connectivity index (χ1v) is 7.28.